The molecule has 1 aliphatic rings. The molecule has 0 fully saturated rings. The van der Waals surface area contributed by atoms with Crippen molar-refractivity contribution in [2.24, 2.45) is 0 Å². The van der Waals surface area contributed by atoms with Crippen molar-refractivity contribution in [2.75, 3.05) is 23.7 Å². The Hall–Kier alpha value is -1.17. The number of ether oxygens (including phenoxy) is 1. The first-order chi connectivity index (χ1) is 8.04. The van der Waals surface area contributed by atoms with E-state index in [4.69, 9.17) is 4.74 Å². The Bertz CT molecular complexity index is 515. The van der Waals surface area contributed by atoms with E-state index in [9.17, 15) is 8.42 Å². The van der Waals surface area contributed by atoms with Crippen LogP contribution in [0.1, 0.15) is 5.56 Å². The van der Waals surface area contributed by atoms with Crippen molar-refractivity contribution in [1.29, 1.82) is 0 Å². The number of fused-ring (bicyclic) bond motifs is 1. The molecule has 0 unspecified atom stereocenters. The zero-order chi connectivity index (χ0) is 12.5. The summed E-state index contributed by atoms with van der Waals surface area (Å²) in [7, 11) is 0.539. The lowest BCUT2D eigenvalue weighted by molar-refractivity contribution is 0.340. The largest absolute Gasteiger partial charge is 0.494 e. The fraction of sp³-hybridized carbons (Fsp3) is 0.455. The third-order valence-corrected chi connectivity index (χ3v) is 4.66. The Kier molecular flexibility index (Phi) is 3.33. The molecule has 0 amide bonds. The minimum absolute atomic E-state index is 0.174. The summed E-state index contributed by atoms with van der Waals surface area (Å²) >= 11 is 0. The molecule has 1 aromatic carbocycles. The molecule has 2 rings (SSSR count). The number of hydrogen-bond acceptors (Lipinski definition) is 3. The van der Waals surface area contributed by atoms with Crippen LogP contribution in [0.3, 0.4) is 0 Å². The van der Waals surface area contributed by atoms with Crippen LogP contribution in [-0.4, -0.2) is 35.7 Å². The quantitative estimate of drug-likeness (QED) is 0.734. The van der Waals surface area contributed by atoms with E-state index in [-0.39, 0.29) is 5.75 Å². The Morgan fingerprint density at radius 2 is 2.24 bits per heavy atom. The number of nitrogens with zero attached hydrogens (tertiary/aromatic N) is 1. The van der Waals surface area contributed by atoms with Gasteiger partial charge in [-0.3, -0.25) is 4.31 Å². The maximum absolute atomic E-state index is 11.7. The fourth-order valence-electron chi connectivity index (χ4n) is 1.90. The summed E-state index contributed by atoms with van der Waals surface area (Å²) in [6.45, 7) is 0.687. The Morgan fingerprint density at radius 3 is 2.94 bits per heavy atom. The molecule has 0 bridgehead atoms. The number of hydrogen-bond donors (Lipinski definition) is 0. The maximum atomic E-state index is 11.7. The second-order valence-corrected chi connectivity index (χ2v) is 6.29. The van der Waals surface area contributed by atoms with E-state index in [1.807, 2.05) is 18.2 Å². The van der Waals surface area contributed by atoms with E-state index in [2.05, 4.69) is 7.85 Å². The average molecular weight is 253 g/mol. The van der Waals surface area contributed by atoms with Crippen molar-refractivity contribution in [3.63, 3.8) is 0 Å². The van der Waals surface area contributed by atoms with Crippen LogP contribution in [0.15, 0.2) is 18.2 Å². The third-order valence-electron chi connectivity index (χ3n) is 2.91. The summed E-state index contributed by atoms with van der Waals surface area (Å²) in [6.07, 6.45) is 1.52. The van der Waals surface area contributed by atoms with Gasteiger partial charge in [0.15, 0.2) is 0 Å². The van der Waals surface area contributed by atoms with Gasteiger partial charge in [-0.2, -0.15) is 0 Å². The Morgan fingerprint density at radius 1 is 1.47 bits per heavy atom. The molecule has 0 spiro atoms. The first-order valence-electron chi connectivity index (χ1n) is 5.77. The van der Waals surface area contributed by atoms with Crippen LogP contribution in [0, 0.1) is 0 Å². The lowest BCUT2D eigenvalue weighted by Crippen LogP contribution is -2.34. The van der Waals surface area contributed by atoms with Gasteiger partial charge in [-0.1, -0.05) is 0 Å². The summed E-state index contributed by atoms with van der Waals surface area (Å²) in [5.74, 6) is 0.992. The standard InChI is InChI=1S/C11H16BNO3S/c1-13-11-3-2-10(16-6-5-12)8-9(11)4-7-17(13,14)15/h2-3,8H,4-7,12H2,1H3. The highest BCUT2D eigenvalue weighted by Gasteiger charge is 2.26. The van der Waals surface area contributed by atoms with Gasteiger partial charge in [0.2, 0.25) is 10.0 Å². The van der Waals surface area contributed by atoms with E-state index in [0.29, 0.717) is 13.0 Å². The molecule has 1 heterocycles. The predicted molar refractivity (Wildman–Crippen MR) is 71.2 cm³/mol. The SMILES string of the molecule is BCCOc1ccc2c(c1)CCS(=O)(=O)N2C. The molecule has 0 N–H and O–H groups in total. The minimum atomic E-state index is -3.11. The zero-order valence-electron chi connectivity index (χ0n) is 10.1. The highest BCUT2D eigenvalue weighted by Crippen LogP contribution is 2.31. The molecule has 6 heteroatoms. The van der Waals surface area contributed by atoms with Gasteiger partial charge >= 0.3 is 0 Å². The smallest absolute Gasteiger partial charge is 0.235 e. The van der Waals surface area contributed by atoms with E-state index < -0.39 is 10.0 Å². The molecule has 0 radical (unpaired) electrons. The molecule has 0 saturated heterocycles. The highest BCUT2D eigenvalue weighted by atomic mass is 32.2. The van der Waals surface area contributed by atoms with Crippen molar-refractivity contribution < 1.29 is 13.2 Å². The highest BCUT2D eigenvalue weighted by molar-refractivity contribution is 7.92. The Labute approximate surface area is 103 Å². The predicted octanol–water partition coefficient (Wildman–Crippen LogP) is 0.439. The molecular weight excluding hydrogens is 237 g/mol. The summed E-state index contributed by atoms with van der Waals surface area (Å²) in [5, 5.41) is 0. The van der Waals surface area contributed by atoms with Crippen LogP contribution in [0.2, 0.25) is 6.32 Å². The third kappa shape index (κ3) is 2.41. The van der Waals surface area contributed by atoms with Crippen molar-refractivity contribution >= 4 is 23.6 Å². The number of rotatable bonds is 3. The molecule has 1 aliphatic heterocycles. The molecule has 17 heavy (non-hydrogen) atoms. The van der Waals surface area contributed by atoms with Crippen LogP contribution in [0.25, 0.3) is 0 Å². The maximum Gasteiger partial charge on any atom is 0.235 e. The molecule has 0 atom stereocenters. The summed E-state index contributed by atoms with van der Waals surface area (Å²) in [5.41, 5.74) is 1.80. The van der Waals surface area contributed by atoms with Crippen molar-refractivity contribution in [3.05, 3.63) is 23.8 Å². The molecule has 0 aliphatic carbocycles. The number of anilines is 1. The number of benzene rings is 1. The molecule has 1 aromatic rings. The second kappa shape index (κ2) is 4.60. The summed E-state index contributed by atoms with van der Waals surface area (Å²) < 4.78 is 30.3. The minimum Gasteiger partial charge on any atom is -0.494 e. The van der Waals surface area contributed by atoms with Crippen LogP contribution in [0.4, 0.5) is 5.69 Å². The van der Waals surface area contributed by atoms with Crippen molar-refractivity contribution in [1.82, 2.24) is 0 Å². The van der Waals surface area contributed by atoms with Crippen molar-refractivity contribution in [2.45, 2.75) is 12.7 Å². The molecular formula is C11H16BNO3S. The van der Waals surface area contributed by atoms with Crippen LogP contribution in [-0.2, 0) is 16.4 Å². The van der Waals surface area contributed by atoms with Gasteiger partial charge in [-0.25, -0.2) is 8.42 Å². The van der Waals surface area contributed by atoms with Crippen LogP contribution in [0.5, 0.6) is 5.75 Å². The monoisotopic (exact) mass is 253 g/mol. The van der Waals surface area contributed by atoms with Gasteiger partial charge in [0.25, 0.3) is 0 Å². The van der Waals surface area contributed by atoms with E-state index in [1.54, 1.807) is 7.05 Å². The van der Waals surface area contributed by atoms with E-state index in [0.717, 1.165) is 23.3 Å². The van der Waals surface area contributed by atoms with Crippen molar-refractivity contribution in [3.8, 4) is 5.75 Å². The summed E-state index contributed by atoms with van der Waals surface area (Å²) in [6, 6.07) is 5.58. The zero-order valence-corrected chi connectivity index (χ0v) is 11.0. The fourth-order valence-corrected chi connectivity index (χ4v) is 3.13. The van der Waals surface area contributed by atoms with Gasteiger partial charge in [0, 0.05) is 7.05 Å². The van der Waals surface area contributed by atoms with E-state index >= 15 is 0 Å². The number of aryl methyl sites for hydroxylation is 1. The second-order valence-electron chi connectivity index (χ2n) is 4.17. The average Bonchev–Trinajstić information content (AvgIpc) is 2.32. The Balaban J connectivity index is 2.30. The van der Waals surface area contributed by atoms with Crippen LogP contribution >= 0.6 is 0 Å². The van der Waals surface area contributed by atoms with E-state index in [1.165, 1.54) is 4.31 Å². The first-order valence-corrected chi connectivity index (χ1v) is 7.38. The van der Waals surface area contributed by atoms with Gasteiger partial charge < -0.3 is 4.74 Å². The number of sulfonamides is 1. The lowest BCUT2D eigenvalue weighted by atomic mass is 10.1. The van der Waals surface area contributed by atoms with Crippen LogP contribution < -0.4 is 9.04 Å². The topological polar surface area (TPSA) is 46.6 Å². The first kappa shape index (κ1) is 12.3. The molecule has 4 nitrogen and oxygen atoms in total. The molecule has 0 aromatic heterocycles. The lowest BCUT2D eigenvalue weighted by Gasteiger charge is -2.27. The summed E-state index contributed by atoms with van der Waals surface area (Å²) in [4.78, 5) is 0. The van der Waals surface area contributed by atoms with Gasteiger partial charge in [0.05, 0.1) is 18.0 Å². The van der Waals surface area contributed by atoms with Gasteiger partial charge in [-0.15, -0.1) is 0 Å². The normalized spacial score (nSPS) is 17.6. The van der Waals surface area contributed by atoms with Gasteiger partial charge in [-0.05, 0) is 36.5 Å². The van der Waals surface area contributed by atoms with Gasteiger partial charge in [0.1, 0.15) is 13.6 Å². The molecule has 92 valence electrons. The molecule has 0 saturated carbocycles.